The van der Waals surface area contributed by atoms with Gasteiger partial charge < -0.3 is 4.79 Å². The molecule has 158 valence electrons. The summed E-state index contributed by atoms with van der Waals surface area (Å²) in [5.41, 5.74) is 2.32. The minimum atomic E-state index is -0.874. The molecule has 1 aliphatic rings. The molecule has 0 bridgehead atoms. The first kappa shape index (κ1) is 21.9. The Balaban J connectivity index is 1.83. The van der Waals surface area contributed by atoms with Crippen LogP contribution in [0.3, 0.4) is 0 Å². The van der Waals surface area contributed by atoms with Crippen molar-refractivity contribution in [2.24, 2.45) is 11.3 Å². The maximum Gasteiger partial charge on any atom is 0.234 e. The van der Waals surface area contributed by atoms with E-state index in [2.05, 4.69) is 32.9 Å². The molecular weight excluding hydrogens is 374 g/mol. The van der Waals surface area contributed by atoms with Gasteiger partial charge >= 0.3 is 0 Å². The monoisotopic (exact) mass is 405 g/mol. The second-order valence-corrected chi connectivity index (χ2v) is 9.39. The van der Waals surface area contributed by atoms with E-state index in [4.69, 9.17) is 0 Å². The Morgan fingerprint density at radius 1 is 0.967 bits per heavy atom. The summed E-state index contributed by atoms with van der Waals surface area (Å²) in [5, 5.41) is 0. The Bertz CT molecular complexity index is 912. The lowest BCUT2D eigenvalue weighted by molar-refractivity contribution is -0.143. The van der Waals surface area contributed by atoms with Crippen LogP contribution in [0.25, 0.3) is 0 Å². The Morgan fingerprint density at radius 2 is 1.60 bits per heavy atom. The van der Waals surface area contributed by atoms with Gasteiger partial charge in [0.15, 0.2) is 0 Å². The number of nitrogens with zero attached hydrogens (tertiary/aromatic N) is 1. The highest BCUT2D eigenvalue weighted by molar-refractivity contribution is 6.05. The molecule has 3 rings (SSSR count). The van der Waals surface area contributed by atoms with Gasteiger partial charge in [-0.3, -0.25) is 14.5 Å². The number of imide groups is 1. The van der Waals surface area contributed by atoms with E-state index in [1.54, 1.807) is 0 Å². The molecule has 0 aromatic heterocycles. The normalized spacial score (nSPS) is 19.1. The zero-order chi connectivity index (χ0) is 21.9. The molecule has 0 N–H and O–H groups in total. The maximum atomic E-state index is 13.2. The van der Waals surface area contributed by atoms with Crippen molar-refractivity contribution >= 4 is 18.1 Å². The largest absolute Gasteiger partial charge is 0.303 e. The van der Waals surface area contributed by atoms with Crippen LogP contribution in [0.15, 0.2) is 54.6 Å². The van der Waals surface area contributed by atoms with E-state index < -0.39 is 11.3 Å². The number of amides is 2. The summed E-state index contributed by atoms with van der Waals surface area (Å²) in [7, 11) is 0. The molecule has 4 heteroatoms. The van der Waals surface area contributed by atoms with Gasteiger partial charge in [-0.15, -0.1) is 0 Å². The highest BCUT2D eigenvalue weighted by atomic mass is 16.2. The van der Waals surface area contributed by atoms with E-state index >= 15 is 0 Å². The fourth-order valence-electron chi connectivity index (χ4n) is 4.27. The van der Waals surface area contributed by atoms with Crippen molar-refractivity contribution in [3.8, 4) is 0 Å². The van der Waals surface area contributed by atoms with Gasteiger partial charge in [0.25, 0.3) is 0 Å². The van der Waals surface area contributed by atoms with E-state index in [0.29, 0.717) is 12.8 Å². The first-order valence-electron chi connectivity index (χ1n) is 10.6. The molecule has 1 aliphatic heterocycles. The predicted octanol–water partition coefficient (Wildman–Crippen LogP) is 4.70. The summed E-state index contributed by atoms with van der Waals surface area (Å²) in [6.07, 6.45) is 1.98. The van der Waals surface area contributed by atoms with Gasteiger partial charge in [0.05, 0.1) is 12.5 Å². The molecular formula is C26H31NO3. The van der Waals surface area contributed by atoms with Crippen molar-refractivity contribution in [3.05, 3.63) is 71.3 Å². The third-order valence-corrected chi connectivity index (χ3v) is 6.37. The van der Waals surface area contributed by atoms with Crippen molar-refractivity contribution in [1.82, 2.24) is 4.90 Å². The lowest BCUT2D eigenvalue weighted by atomic mass is 9.69. The standard InChI is InChI=1S/C26H31NO3/c1-5-26(18-28,16-19-11-13-21(14-12-19)25(2,3)4)22-15-23(29)27(24(22)30)17-20-9-7-6-8-10-20/h6-14,18,22H,5,15-17H2,1-4H3/t22-,26?/m0/s1. The Hall–Kier alpha value is -2.75. The van der Waals surface area contributed by atoms with Crippen molar-refractivity contribution in [2.75, 3.05) is 0 Å². The van der Waals surface area contributed by atoms with Gasteiger partial charge in [-0.25, -0.2) is 0 Å². The number of aldehydes is 1. The minimum absolute atomic E-state index is 0.0524. The van der Waals surface area contributed by atoms with Crippen LogP contribution in [0.4, 0.5) is 0 Å². The number of benzene rings is 2. The predicted molar refractivity (Wildman–Crippen MR) is 118 cm³/mol. The number of likely N-dealkylation sites (tertiary alicyclic amines) is 1. The van der Waals surface area contributed by atoms with Gasteiger partial charge in [0.1, 0.15) is 6.29 Å². The third-order valence-electron chi connectivity index (χ3n) is 6.37. The molecule has 2 amide bonds. The molecule has 4 nitrogen and oxygen atoms in total. The summed E-state index contributed by atoms with van der Waals surface area (Å²) in [5.74, 6) is -1.04. The van der Waals surface area contributed by atoms with Crippen LogP contribution in [0.1, 0.15) is 57.2 Å². The minimum Gasteiger partial charge on any atom is -0.303 e. The number of hydrogen-bond donors (Lipinski definition) is 0. The molecule has 0 saturated carbocycles. The van der Waals surface area contributed by atoms with Crippen LogP contribution in [-0.4, -0.2) is 23.0 Å². The molecule has 2 atom stereocenters. The summed E-state index contributed by atoms with van der Waals surface area (Å²) in [4.78, 5) is 39.5. The average Bonchev–Trinajstić information content (AvgIpc) is 3.01. The summed E-state index contributed by atoms with van der Waals surface area (Å²) >= 11 is 0. The quantitative estimate of drug-likeness (QED) is 0.496. The molecule has 30 heavy (non-hydrogen) atoms. The number of hydrogen-bond acceptors (Lipinski definition) is 3. The van der Waals surface area contributed by atoms with E-state index in [0.717, 1.165) is 17.4 Å². The van der Waals surface area contributed by atoms with Gasteiger partial charge in [0.2, 0.25) is 11.8 Å². The highest BCUT2D eigenvalue weighted by Gasteiger charge is 2.50. The van der Waals surface area contributed by atoms with Crippen LogP contribution in [0.2, 0.25) is 0 Å². The molecule has 1 saturated heterocycles. The Kier molecular flexibility index (Phi) is 6.25. The van der Waals surface area contributed by atoms with Crippen LogP contribution < -0.4 is 0 Å². The van der Waals surface area contributed by atoms with Crippen molar-refractivity contribution in [3.63, 3.8) is 0 Å². The molecule has 2 aromatic carbocycles. The van der Waals surface area contributed by atoms with Gasteiger partial charge in [0, 0.05) is 11.8 Å². The van der Waals surface area contributed by atoms with E-state index in [-0.39, 0.29) is 30.2 Å². The smallest absolute Gasteiger partial charge is 0.234 e. The number of carbonyl (C=O) groups is 3. The topological polar surface area (TPSA) is 54.5 Å². The molecule has 0 spiro atoms. The van der Waals surface area contributed by atoms with Crippen LogP contribution in [-0.2, 0) is 32.8 Å². The Labute approximate surface area is 179 Å². The van der Waals surface area contributed by atoms with Crippen molar-refractivity contribution < 1.29 is 14.4 Å². The highest BCUT2D eigenvalue weighted by Crippen LogP contribution is 2.41. The SMILES string of the molecule is CCC(C=O)(Cc1ccc(C(C)(C)C)cc1)[C@H]1CC(=O)N(Cc2ccccc2)C1=O. The van der Waals surface area contributed by atoms with Gasteiger partial charge in [-0.2, -0.15) is 0 Å². The Morgan fingerprint density at radius 3 is 2.13 bits per heavy atom. The van der Waals surface area contributed by atoms with E-state index in [9.17, 15) is 14.4 Å². The summed E-state index contributed by atoms with van der Waals surface area (Å²) in [6, 6.07) is 17.7. The summed E-state index contributed by atoms with van der Waals surface area (Å²) < 4.78 is 0. The fraction of sp³-hybridized carbons (Fsp3) is 0.423. The average molecular weight is 406 g/mol. The molecule has 1 unspecified atom stereocenters. The van der Waals surface area contributed by atoms with Crippen LogP contribution >= 0.6 is 0 Å². The number of rotatable bonds is 7. The molecule has 0 radical (unpaired) electrons. The van der Waals surface area contributed by atoms with Crippen LogP contribution in [0, 0.1) is 11.3 Å². The second kappa shape index (κ2) is 8.55. The molecule has 1 heterocycles. The summed E-state index contributed by atoms with van der Waals surface area (Å²) in [6.45, 7) is 8.67. The zero-order valence-electron chi connectivity index (χ0n) is 18.4. The third kappa shape index (κ3) is 4.38. The fourth-order valence-corrected chi connectivity index (χ4v) is 4.27. The second-order valence-electron chi connectivity index (χ2n) is 9.39. The maximum absolute atomic E-state index is 13.2. The van der Waals surface area contributed by atoms with Crippen LogP contribution in [0.5, 0.6) is 0 Å². The molecule has 1 fully saturated rings. The van der Waals surface area contributed by atoms with Gasteiger partial charge in [-0.1, -0.05) is 82.3 Å². The van der Waals surface area contributed by atoms with Crippen molar-refractivity contribution in [2.45, 2.75) is 58.9 Å². The first-order chi connectivity index (χ1) is 14.2. The van der Waals surface area contributed by atoms with Gasteiger partial charge in [-0.05, 0) is 34.9 Å². The number of carbonyl (C=O) groups excluding carboxylic acids is 3. The first-order valence-corrected chi connectivity index (χ1v) is 10.6. The van der Waals surface area contributed by atoms with Crippen molar-refractivity contribution in [1.29, 1.82) is 0 Å². The molecule has 2 aromatic rings. The lowest BCUT2D eigenvalue weighted by Crippen LogP contribution is -2.40. The van der Waals surface area contributed by atoms with E-state index in [1.165, 1.54) is 10.5 Å². The van der Waals surface area contributed by atoms with E-state index in [1.807, 2.05) is 49.4 Å². The zero-order valence-corrected chi connectivity index (χ0v) is 18.4. The lowest BCUT2D eigenvalue weighted by Gasteiger charge is -2.32. The molecule has 0 aliphatic carbocycles.